The van der Waals surface area contributed by atoms with Gasteiger partial charge >= 0.3 is 0 Å². The summed E-state index contributed by atoms with van der Waals surface area (Å²) < 4.78 is 5.38. The zero-order valence-electron chi connectivity index (χ0n) is 24.8. The number of carbonyl (C=O) groups excluding carboxylic acids is 2. The normalized spacial score (nSPS) is 27.3. The van der Waals surface area contributed by atoms with Gasteiger partial charge in [-0.3, -0.25) is 14.5 Å². The van der Waals surface area contributed by atoms with E-state index in [0.717, 1.165) is 17.5 Å². The van der Waals surface area contributed by atoms with Crippen LogP contribution in [-0.4, -0.2) is 97.6 Å². The number of morpholine rings is 1. The van der Waals surface area contributed by atoms with Crippen LogP contribution in [0, 0.1) is 5.41 Å². The van der Waals surface area contributed by atoms with E-state index < -0.39 is 11.6 Å². The van der Waals surface area contributed by atoms with E-state index in [1.54, 1.807) is 0 Å². The van der Waals surface area contributed by atoms with Crippen molar-refractivity contribution in [1.82, 2.24) is 20.0 Å². The first-order chi connectivity index (χ1) is 20.0. The van der Waals surface area contributed by atoms with E-state index >= 15 is 0 Å². The molecule has 3 aliphatic heterocycles. The number of nitrogens with zero attached hydrogens (tertiary/aromatic N) is 3. The van der Waals surface area contributed by atoms with Crippen molar-refractivity contribution in [1.29, 1.82) is 0 Å². The van der Waals surface area contributed by atoms with Crippen LogP contribution >= 0.6 is 23.2 Å². The molecule has 0 unspecified atom stereocenters. The number of piperazine rings is 1. The molecule has 0 saturated carbocycles. The van der Waals surface area contributed by atoms with Crippen molar-refractivity contribution < 1.29 is 14.3 Å². The van der Waals surface area contributed by atoms with Gasteiger partial charge in [-0.2, -0.15) is 0 Å². The summed E-state index contributed by atoms with van der Waals surface area (Å²) in [6.45, 7) is 11.8. The summed E-state index contributed by atoms with van der Waals surface area (Å²) in [5.41, 5.74) is 8.46. The minimum atomic E-state index is -0.894. The molecular weight excluding hydrogens is 573 g/mol. The number of nitrogens with one attached hydrogen (secondary N) is 1. The third kappa shape index (κ3) is 6.79. The molecule has 42 heavy (non-hydrogen) atoms. The van der Waals surface area contributed by atoms with Crippen LogP contribution in [0.1, 0.15) is 44.2 Å². The minimum absolute atomic E-state index is 0.0272. The predicted octanol–water partition coefficient (Wildman–Crippen LogP) is 3.71. The Morgan fingerprint density at radius 3 is 2.24 bits per heavy atom. The molecule has 2 amide bonds. The molecule has 0 bridgehead atoms. The lowest BCUT2D eigenvalue weighted by Crippen LogP contribution is -2.56. The molecule has 8 nitrogen and oxygen atoms in total. The lowest BCUT2D eigenvalue weighted by atomic mass is 9.68. The SMILES string of the molecule is CC(C)(C)C[C@@H]1N[C@@H](C(=O)N2CCN(CC(=O)N3CCOCC3)CC2)[C@H](c2cccc(Cl)c2)[C@@]1(N)c1ccc(Cl)cc1. The van der Waals surface area contributed by atoms with Crippen LogP contribution in [0.3, 0.4) is 0 Å². The molecule has 0 aliphatic carbocycles. The maximum absolute atomic E-state index is 14.4. The smallest absolute Gasteiger partial charge is 0.240 e. The summed E-state index contributed by atoms with van der Waals surface area (Å²) in [7, 11) is 0. The van der Waals surface area contributed by atoms with E-state index in [1.165, 1.54) is 0 Å². The first-order valence-electron chi connectivity index (χ1n) is 14.9. The van der Waals surface area contributed by atoms with Gasteiger partial charge in [0.05, 0.1) is 31.3 Å². The van der Waals surface area contributed by atoms with Gasteiger partial charge in [0.15, 0.2) is 0 Å². The molecule has 228 valence electrons. The number of carbonyl (C=O) groups is 2. The van der Waals surface area contributed by atoms with Gasteiger partial charge in [0.25, 0.3) is 0 Å². The van der Waals surface area contributed by atoms with Gasteiger partial charge in [-0.05, 0) is 47.2 Å². The molecule has 3 heterocycles. The molecule has 2 aromatic carbocycles. The van der Waals surface area contributed by atoms with Gasteiger partial charge in [-0.15, -0.1) is 0 Å². The van der Waals surface area contributed by atoms with Crippen LogP contribution in [0.25, 0.3) is 0 Å². The number of rotatable bonds is 6. The average molecular weight is 617 g/mol. The first-order valence-corrected chi connectivity index (χ1v) is 15.6. The zero-order chi connectivity index (χ0) is 30.1. The van der Waals surface area contributed by atoms with Gasteiger partial charge in [0.1, 0.15) is 0 Å². The Hall–Kier alpha value is -2.20. The fourth-order valence-electron chi connectivity index (χ4n) is 6.71. The van der Waals surface area contributed by atoms with Crippen molar-refractivity contribution in [2.45, 2.75) is 50.7 Å². The second-order valence-corrected chi connectivity index (χ2v) is 13.9. The van der Waals surface area contributed by atoms with E-state index in [4.69, 9.17) is 33.7 Å². The number of benzene rings is 2. The van der Waals surface area contributed by atoms with Crippen LogP contribution in [-0.2, 0) is 19.9 Å². The third-order valence-corrected chi connectivity index (χ3v) is 9.33. The monoisotopic (exact) mass is 615 g/mol. The molecule has 2 aromatic rings. The van der Waals surface area contributed by atoms with E-state index in [-0.39, 0.29) is 29.2 Å². The predicted molar refractivity (Wildman–Crippen MR) is 167 cm³/mol. The largest absolute Gasteiger partial charge is 0.378 e. The fourth-order valence-corrected chi connectivity index (χ4v) is 7.04. The second-order valence-electron chi connectivity index (χ2n) is 13.0. The number of hydrogen-bond donors (Lipinski definition) is 2. The van der Waals surface area contributed by atoms with Crippen molar-refractivity contribution in [3.63, 3.8) is 0 Å². The van der Waals surface area contributed by atoms with Gasteiger partial charge in [0.2, 0.25) is 11.8 Å². The Bertz CT molecular complexity index is 1260. The lowest BCUT2D eigenvalue weighted by molar-refractivity contribution is -0.138. The molecule has 5 rings (SSSR count). The van der Waals surface area contributed by atoms with Crippen LogP contribution < -0.4 is 11.1 Å². The number of nitrogens with two attached hydrogens (primary N) is 1. The number of amides is 2. The standard InChI is InChI=1S/C32H43Cl2N5O3/c1-31(2,3)20-26-32(35,23-7-9-24(33)10-8-23)28(22-5-4-6-25(34)19-22)29(36-26)30(41)39-13-11-37(12-14-39)21-27(40)38-15-17-42-18-16-38/h4-10,19,26,28-29,36H,11-18,20-21,35H2,1-3H3/t26-,28-,29+,32+/m0/s1. The summed E-state index contributed by atoms with van der Waals surface area (Å²) in [5.74, 6) is -0.213. The van der Waals surface area contributed by atoms with E-state index in [9.17, 15) is 9.59 Å². The second kappa shape index (κ2) is 12.8. The van der Waals surface area contributed by atoms with E-state index in [2.05, 4.69) is 31.0 Å². The van der Waals surface area contributed by atoms with Gasteiger partial charge in [0, 0.05) is 61.3 Å². The minimum Gasteiger partial charge on any atom is -0.378 e. The molecule has 3 fully saturated rings. The highest BCUT2D eigenvalue weighted by Gasteiger charge is 2.57. The Labute approximate surface area is 259 Å². The van der Waals surface area contributed by atoms with Crippen molar-refractivity contribution in [2.75, 3.05) is 59.0 Å². The molecule has 0 aromatic heterocycles. The van der Waals surface area contributed by atoms with Crippen molar-refractivity contribution in [3.8, 4) is 0 Å². The van der Waals surface area contributed by atoms with Crippen molar-refractivity contribution in [2.24, 2.45) is 11.1 Å². The average Bonchev–Trinajstić information content (AvgIpc) is 3.25. The Morgan fingerprint density at radius 2 is 1.62 bits per heavy atom. The number of halogens is 2. The molecular formula is C32H43Cl2N5O3. The maximum Gasteiger partial charge on any atom is 0.240 e. The topological polar surface area (TPSA) is 91.1 Å². The molecule has 3 saturated heterocycles. The van der Waals surface area contributed by atoms with Crippen LogP contribution in [0.15, 0.2) is 48.5 Å². The first kappa shape index (κ1) is 31.2. The number of ether oxygens (including phenoxy) is 1. The molecule has 3 aliphatic rings. The van der Waals surface area contributed by atoms with Gasteiger partial charge in [-0.1, -0.05) is 68.2 Å². The fraction of sp³-hybridized carbons (Fsp3) is 0.562. The van der Waals surface area contributed by atoms with Crippen LogP contribution in [0.5, 0.6) is 0 Å². The molecule has 0 spiro atoms. The summed E-state index contributed by atoms with van der Waals surface area (Å²) in [6.07, 6.45) is 0.768. The molecule has 0 radical (unpaired) electrons. The molecule has 3 N–H and O–H groups in total. The lowest BCUT2D eigenvalue weighted by Gasteiger charge is -2.40. The van der Waals surface area contributed by atoms with Crippen molar-refractivity contribution in [3.05, 3.63) is 69.7 Å². The van der Waals surface area contributed by atoms with Gasteiger partial charge in [-0.25, -0.2) is 0 Å². The van der Waals surface area contributed by atoms with Crippen LogP contribution in [0.2, 0.25) is 10.0 Å². The summed E-state index contributed by atoms with van der Waals surface area (Å²) in [5, 5.41) is 4.97. The summed E-state index contributed by atoms with van der Waals surface area (Å²) in [6, 6.07) is 14.7. The Balaban J connectivity index is 1.40. The van der Waals surface area contributed by atoms with Crippen molar-refractivity contribution >= 4 is 35.0 Å². The molecule has 4 atom stereocenters. The molecule has 10 heteroatoms. The highest BCUT2D eigenvalue weighted by atomic mass is 35.5. The summed E-state index contributed by atoms with van der Waals surface area (Å²) >= 11 is 12.8. The van der Waals surface area contributed by atoms with Gasteiger partial charge < -0.3 is 25.6 Å². The quantitative estimate of drug-likeness (QED) is 0.515. The Morgan fingerprint density at radius 1 is 0.952 bits per heavy atom. The van der Waals surface area contributed by atoms with E-state index in [1.807, 2.05) is 58.3 Å². The zero-order valence-corrected chi connectivity index (χ0v) is 26.3. The highest BCUT2D eigenvalue weighted by Crippen LogP contribution is 2.48. The summed E-state index contributed by atoms with van der Waals surface area (Å²) in [4.78, 5) is 33.1. The van der Waals surface area contributed by atoms with E-state index in [0.29, 0.717) is 69.1 Å². The maximum atomic E-state index is 14.4. The van der Waals surface area contributed by atoms with Crippen LogP contribution in [0.4, 0.5) is 0 Å². The third-order valence-electron chi connectivity index (χ3n) is 8.85. The Kier molecular flexibility index (Phi) is 9.52. The number of hydrogen-bond acceptors (Lipinski definition) is 6. The highest BCUT2D eigenvalue weighted by molar-refractivity contribution is 6.30.